The van der Waals surface area contributed by atoms with E-state index in [9.17, 15) is 0 Å². The zero-order valence-electron chi connectivity index (χ0n) is 22.5. The molecule has 0 amide bonds. The van der Waals surface area contributed by atoms with Gasteiger partial charge in [-0.3, -0.25) is 0 Å². The maximum atomic E-state index is 5.79. The Balaban J connectivity index is 1.75. The van der Waals surface area contributed by atoms with Gasteiger partial charge in [-0.25, -0.2) is 0 Å². The van der Waals surface area contributed by atoms with Gasteiger partial charge >= 0.3 is 0 Å². The first kappa shape index (κ1) is 30.8. The lowest BCUT2D eigenvalue weighted by atomic mass is 9.85. The van der Waals surface area contributed by atoms with E-state index in [1.165, 1.54) is 96.3 Å². The van der Waals surface area contributed by atoms with Crippen molar-refractivity contribution >= 4 is 0 Å². The van der Waals surface area contributed by atoms with E-state index in [4.69, 9.17) is 18.9 Å². The number of likely N-dealkylation sites (N-methyl/N-ethyl adjacent to an activating group) is 1. The van der Waals surface area contributed by atoms with Crippen molar-refractivity contribution in [3.63, 3.8) is 0 Å². The zero-order chi connectivity index (χ0) is 23.8. The number of unbranched alkanes of at least 4 members (excludes halogenated alkanes) is 9. The maximum absolute atomic E-state index is 5.79. The first-order chi connectivity index (χ1) is 16.2. The smallest absolute Gasteiger partial charge is 0.104 e. The summed E-state index contributed by atoms with van der Waals surface area (Å²) in [6.45, 7) is 4.92. The lowest BCUT2D eigenvalue weighted by molar-refractivity contribution is -0.0510. The normalized spacial score (nSPS) is 16.0. The van der Waals surface area contributed by atoms with Crippen LogP contribution >= 0.6 is 0 Å². The standard InChI is InChI=1S/C28H57NO4/c1-29(2)20-22-31-23-24-33-26-28(30-3)25-32-21-16-11-9-7-5-4-6-8-10-13-17-27-18-14-12-15-19-27/h27-28H,4-26H2,1-3H3. The fraction of sp³-hybridized carbons (Fsp3) is 1.00. The van der Waals surface area contributed by atoms with Crippen LogP contribution < -0.4 is 0 Å². The van der Waals surface area contributed by atoms with E-state index in [0.29, 0.717) is 26.4 Å². The second-order valence-electron chi connectivity index (χ2n) is 10.3. The maximum Gasteiger partial charge on any atom is 0.104 e. The minimum atomic E-state index is 0.00874. The first-order valence-corrected chi connectivity index (χ1v) is 14.1. The molecule has 198 valence electrons. The molecular weight excluding hydrogens is 414 g/mol. The summed E-state index contributed by atoms with van der Waals surface area (Å²) in [5.74, 6) is 1.07. The largest absolute Gasteiger partial charge is 0.379 e. The van der Waals surface area contributed by atoms with Crippen LogP contribution in [0.1, 0.15) is 103 Å². The molecule has 0 aliphatic heterocycles. The van der Waals surface area contributed by atoms with E-state index >= 15 is 0 Å². The van der Waals surface area contributed by atoms with Crippen molar-refractivity contribution in [1.29, 1.82) is 0 Å². The molecular formula is C28H57NO4. The Morgan fingerprint density at radius 1 is 0.636 bits per heavy atom. The van der Waals surface area contributed by atoms with Gasteiger partial charge in [-0.2, -0.15) is 0 Å². The fourth-order valence-corrected chi connectivity index (χ4v) is 4.61. The van der Waals surface area contributed by atoms with Crippen LogP contribution in [0.25, 0.3) is 0 Å². The van der Waals surface area contributed by atoms with Gasteiger partial charge in [-0.15, -0.1) is 0 Å². The van der Waals surface area contributed by atoms with Gasteiger partial charge in [0.2, 0.25) is 0 Å². The summed E-state index contributed by atoms with van der Waals surface area (Å²) < 4.78 is 22.4. The zero-order valence-corrected chi connectivity index (χ0v) is 22.5. The highest BCUT2D eigenvalue weighted by atomic mass is 16.6. The van der Waals surface area contributed by atoms with Crippen LogP contribution in [0.2, 0.25) is 0 Å². The molecule has 1 unspecified atom stereocenters. The van der Waals surface area contributed by atoms with Gasteiger partial charge in [-0.1, -0.05) is 96.3 Å². The van der Waals surface area contributed by atoms with Crippen molar-refractivity contribution in [3.05, 3.63) is 0 Å². The van der Waals surface area contributed by atoms with Gasteiger partial charge in [0.25, 0.3) is 0 Å². The van der Waals surface area contributed by atoms with Gasteiger partial charge in [0, 0.05) is 20.3 Å². The van der Waals surface area contributed by atoms with Gasteiger partial charge in [0.15, 0.2) is 0 Å². The summed E-state index contributed by atoms with van der Waals surface area (Å²) in [4.78, 5) is 2.11. The third-order valence-electron chi connectivity index (χ3n) is 6.87. The van der Waals surface area contributed by atoms with E-state index in [-0.39, 0.29) is 6.10 Å². The van der Waals surface area contributed by atoms with Crippen molar-refractivity contribution in [3.8, 4) is 0 Å². The Morgan fingerprint density at radius 3 is 1.79 bits per heavy atom. The van der Waals surface area contributed by atoms with Crippen molar-refractivity contribution in [2.24, 2.45) is 5.92 Å². The number of hydrogen-bond donors (Lipinski definition) is 0. The third-order valence-corrected chi connectivity index (χ3v) is 6.87. The highest BCUT2D eigenvalue weighted by Crippen LogP contribution is 2.28. The molecule has 0 bridgehead atoms. The van der Waals surface area contributed by atoms with E-state index in [1.54, 1.807) is 7.11 Å². The average Bonchev–Trinajstić information content (AvgIpc) is 2.82. The van der Waals surface area contributed by atoms with Gasteiger partial charge in [0.05, 0.1) is 33.0 Å². The van der Waals surface area contributed by atoms with Crippen LogP contribution in [0.3, 0.4) is 0 Å². The van der Waals surface area contributed by atoms with Crippen LogP contribution in [0.15, 0.2) is 0 Å². The molecule has 0 aromatic carbocycles. The molecule has 0 radical (unpaired) electrons. The molecule has 5 nitrogen and oxygen atoms in total. The predicted molar refractivity (Wildman–Crippen MR) is 139 cm³/mol. The summed E-state index contributed by atoms with van der Waals surface area (Å²) in [5.41, 5.74) is 0. The molecule has 0 saturated heterocycles. The van der Waals surface area contributed by atoms with Crippen molar-refractivity contribution in [2.75, 3.05) is 67.4 Å². The summed E-state index contributed by atoms with van der Waals surface area (Å²) in [5, 5.41) is 0. The van der Waals surface area contributed by atoms with Gasteiger partial charge in [-0.05, 0) is 26.4 Å². The van der Waals surface area contributed by atoms with Crippen LogP contribution in [0.5, 0.6) is 0 Å². The topological polar surface area (TPSA) is 40.2 Å². The number of methoxy groups -OCH3 is 1. The molecule has 1 rings (SSSR count). The highest BCUT2D eigenvalue weighted by molar-refractivity contribution is 4.65. The summed E-state index contributed by atoms with van der Waals surface area (Å²) >= 11 is 0. The Bertz CT molecular complexity index is 388. The van der Waals surface area contributed by atoms with Crippen molar-refractivity contribution in [2.45, 2.75) is 109 Å². The SMILES string of the molecule is COC(COCCCCCCCCCCCCC1CCCCC1)COCCOCCN(C)C. The number of ether oxygens (including phenoxy) is 4. The minimum absolute atomic E-state index is 0.00874. The molecule has 5 heteroatoms. The lowest BCUT2D eigenvalue weighted by Crippen LogP contribution is -2.26. The van der Waals surface area contributed by atoms with Crippen LogP contribution in [0.4, 0.5) is 0 Å². The summed E-state index contributed by atoms with van der Waals surface area (Å²) in [6, 6.07) is 0. The Kier molecular flexibility index (Phi) is 22.0. The van der Waals surface area contributed by atoms with Gasteiger partial charge in [0.1, 0.15) is 6.10 Å². The molecule has 0 aromatic rings. The molecule has 0 heterocycles. The van der Waals surface area contributed by atoms with Gasteiger partial charge < -0.3 is 23.8 Å². The molecule has 1 aliphatic carbocycles. The Hall–Kier alpha value is -0.200. The van der Waals surface area contributed by atoms with E-state index in [2.05, 4.69) is 4.90 Å². The average molecular weight is 472 g/mol. The fourth-order valence-electron chi connectivity index (χ4n) is 4.61. The second kappa shape index (κ2) is 23.5. The van der Waals surface area contributed by atoms with E-state index in [1.807, 2.05) is 14.1 Å². The number of rotatable bonds is 24. The second-order valence-corrected chi connectivity index (χ2v) is 10.3. The van der Waals surface area contributed by atoms with Crippen LogP contribution in [-0.2, 0) is 18.9 Å². The minimum Gasteiger partial charge on any atom is -0.379 e. The summed E-state index contributed by atoms with van der Waals surface area (Å²) in [6.07, 6.45) is 22.8. The van der Waals surface area contributed by atoms with E-state index in [0.717, 1.165) is 32.1 Å². The van der Waals surface area contributed by atoms with Crippen molar-refractivity contribution in [1.82, 2.24) is 4.90 Å². The first-order valence-electron chi connectivity index (χ1n) is 14.1. The van der Waals surface area contributed by atoms with Crippen LogP contribution in [0, 0.1) is 5.92 Å². The molecule has 0 spiro atoms. The molecule has 1 fully saturated rings. The number of hydrogen-bond acceptors (Lipinski definition) is 5. The Labute approximate surface area is 206 Å². The molecule has 0 aromatic heterocycles. The molecule has 33 heavy (non-hydrogen) atoms. The third kappa shape index (κ3) is 20.9. The lowest BCUT2D eigenvalue weighted by Gasteiger charge is -2.21. The highest BCUT2D eigenvalue weighted by Gasteiger charge is 2.12. The number of nitrogens with zero attached hydrogens (tertiary/aromatic N) is 1. The Morgan fingerprint density at radius 2 is 1.18 bits per heavy atom. The quantitative estimate of drug-likeness (QED) is 0.151. The van der Waals surface area contributed by atoms with Crippen molar-refractivity contribution < 1.29 is 18.9 Å². The monoisotopic (exact) mass is 471 g/mol. The summed E-state index contributed by atoms with van der Waals surface area (Å²) in [7, 11) is 5.82. The molecule has 1 aliphatic rings. The molecule has 1 saturated carbocycles. The molecule has 0 N–H and O–H groups in total. The predicted octanol–water partition coefficient (Wildman–Crippen LogP) is 6.48. The molecule has 1 atom stereocenters. The van der Waals surface area contributed by atoms with Crippen LogP contribution in [-0.4, -0.2) is 78.4 Å². The van der Waals surface area contributed by atoms with E-state index < -0.39 is 0 Å².